The Morgan fingerprint density at radius 3 is 2.73 bits per heavy atom. The molecule has 2 unspecified atom stereocenters. The maximum Gasteiger partial charge on any atom is 0.0931 e. The van der Waals surface area contributed by atoms with Gasteiger partial charge in [0.1, 0.15) is 0 Å². The second-order valence-corrected chi connectivity index (χ2v) is 5.70. The van der Waals surface area contributed by atoms with E-state index in [-0.39, 0.29) is 6.10 Å². The van der Waals surface area contributed by atoms with Crippen molar-refractivity contribution in [3.63, 3.8) is 0 Å². The molecule has 2 atom stereocenters. The summed E-state index contributed by atoms with van der Waals surface area (Å²) in [6.45, 7) is 4.59. The Labute approximate surface area is 100 Å². The van der Waals surface area contributed by atoms with E-state index in [1.54, 1.807) is 18.3 Å². The molecular weight excluding hydrogens is 230 g/mol. The summed E-state index contributed by atoms with van der Waals surface area (Å²) in [6.07, 6.45) is 1.85. The zero-order chi connectivity index (χ0) is 11.3. The number of hydrogen-bond acceptors (Lipinski definition) is 3. The molecule has 1 rings (SSSR count). The van der Waals surface area contributed by atoms with Gasteiger partial charge in [-0.1, -0.05) is 11.6 Å². The molecule has 0 amide bonds. The number of halogens is 1. The summed E-state index contributed by atoms with van der Waals surface area (Å²) in [5.41, 5.74) is 0. The van der Waals surface area contributed by atoms with Crippen molar-refractivity contribution in [2.24, 2.45) is 0 Å². The molecule has 0 aliphatic carbocycles. The summed E-state index contributed by atoms with van der Waals surface area (Å²) >= 11 is 7.49. The van der Waals surface area contributed by atoms with E-state index >= 15 is 0 Å². The quantitative estimate of drug-likeness (QED) is 0.810. The SMILES string of the molecule is CC(O)CNC(C)CCc1ccc(Cl)s1. The van der Waals surface area contributed by atoms with Crippen LogP contribution in [0.25, 0.3) is 0 Å². The van der Waals surface area contributed by atoms with Gasteiger partial charge >= 0.3 is 0 Å². The molecule has 0 saturated heterocycles. The summed E-state index contributed by atoms with van der Waals surface area (Å²) in [5.74, 6) is 0. The van der Waals surface area contributed by atoms with Crippen LogP contribution in [0.15, 0.2) is 12.1 Å². The van der Waals surface area contributed by atoms with Crippen LogP contribution in [0.2, 0.25) is 4.34 Å². The second kappa shape index (κ2) is 6.48. The third kappa shape index (κ3) is 5.52. The lowest BCUT2D eigenvalue weighted by Gasteiger charge is -2.14. The predicted octanol–water partition coefficient (Wildman–Crippen LogP) is 2.69. The van der Waals surface area contributed by atoms with Gasteiger partial charge in [-0.25, -0.2) is 0 Å². The molecule has 0 fully saturated rings. The first-order valence-electron chi connectivity index (χ1n) is 5.23. The van der Waals surface area contributed by atoms with Crippen molar-refractivity contribution in [2.75, 3.05) is 6.54 Å². The van der Waals surface area contributed by atoms with E-state index in [4.69, 9.17) is 16.7 Å². The average Bonchev–Trinajstić information content (AvgIpc) is 2.58. The predicted molar refractivity (Wildman–Crippen MR) is 66.8 cm³/mol. The van der Waals surface area contributed by atoms with Crippen molar-refractivity contribution >= 4 is 22.9 Å². The summed E-state index contributed by atoms with van der Waals surface area (Å²) in [4.78, 5) is 1.32. The van der Waals surface area contributed by atoms with Crippen molar-refractivity contribution in [2.45, 2.75) is 38.8 Å². The largest absolute Gasteiger partial charge is 0.392 e. The molecule has 2 N–H and O–H groups in total. The number of aliphatic hydroxyl groups excluding tert-OH is 1. The summed E-state index contributed by atoms with van der Waals surface area (Å²) in [6, 6.07) is 4.45. The number of thiophene rings is 1. The lowest BCUT2D eigenvalue weighted by Crippen LogP contribution is -2.32. The van der Waals surface area contributed by atoms with E-state index in [0.717, 1.165) is 17.2 Å². The minimum Gasteiger partial charge on any atom is -0.392 e. The van der Waals surface area contributed by atoms with Gasteiger partial charge in [-0.05, 0) is 38.8 Å². The Morgan fingerprint density at radius 1 is 1.47 bits per heavy atom. The number of aliphatic hydroxyl groups is 1. The maximum absolute atomic E-state index is 9.11. The van der Waals surface area contributed by atoms with Crippen LogP contribution in [-0.4, -0.2) is 23.8 Å². The molecule has 0 aliphatic rings. The van der Waals surface area contributed by atoms with Gasteiger partial charge in [0.2, 0.25) is 0 Å². The molecular formula is C11H18ClNOS. The Balaban J connectivity index is 2.19. The van der Waals surface area contributed by atoms with Crippen molar-refractivity contribution in [1.29, 1.82) is 0 Å². The molecule has 4 heteroatoms. The number of hydrogen-bond donors (Lipinski definition) is 2. The molecule has 1 heterocycles. The number of nitrogens with one attached hydrogen (secondary N) is 1. The van der Waals surface area contributed by atoms with E-state index in [2.05, 4.69) is 18.3 Å². The van der Waals surface area contributed by atoms with Gasteiger partial charge in [-0.2, -0.15) is 0 Å². The van der Waals surface area contributed by atoms with Crippen LogP contribution in [0.4, 0.5) is 0 Å². The fraction of sp³-hybridized carbons (Fsp3) is 0.636. The smallest absolute Gasteiger partial charge is 0.0931 e. The minimum atomic E-state index is -0.274. The lowest BCUT2D eigenvalue weighted by atomic mass is 10.1. The highest BCUT2D eigenvalue weighted by Crippen LogP contribution is 2.22. The molecule has 0 saturated carbocycles. The normalized spacial score (nSPS) is 15.2. The summed E-state index contributed by atoms with van der Waals surface area (Å²) in [5, 5.41) is 12.4. The van der Waals surface area contributed by atoms with Crippen LogP contribution in [0.3, 0.4) is 0 Å². The summed E-state index contributed by atoms with van der Waals surface area (Å²) < 4.78 is 0.856. The first kappa shape index (κ1) is 13.0. The monoisotopic (exact) mass is 247 g/mol. The van der Waals surface area contributed by atoms with Gasteiger partial charge in [0.15, 0.2) is 0 Å². The first-order valence-corrected chi connectivity index (χ1v) is 6.43. The lowest BCUT2D eigenvalue weighted by molar-refractivity contribution is 0.186. The Morgan fingerprint density at radius 2 is 2.20 bits per heavy atom. The molecule has 1 aromatic heterocycles. The van der Waals surface area contributed by atoms with Crippen molar-refractivity contribution < 1.29 is 5.11 Å². The standard InChI is InChI=1S/C11H18ClNOS/c1-8(13-7-9(2)14)3-4-10-5-6-11(12)15-10/h5-6,8-9,13-14H,3-4,7H2,1-2H3. The van der Waals surface area contributed by atoms with Gasteiger partial charge < -0.3 is 10.4 Å². The topological polar surface area (TPSA) is 32.3 Å². The molecule has 0 aliphatic heterocycles. The zero-order valence-electron chi connectivity index (χ0n) is 9.16. The van der Waals surface area contributed by atoms with Gasteiger partial charge in [0, 0.05) is 17.5 Å². The maximum atomic E-state index is 9.11. The van der Waals surface area contributed by atoms with Crippen LogP contribution < -0.4 is 5.32 Å². The third-order valence-corrected chi connectivity index (χ3v) is 3.51. The van der Waals surface area contributed by atoms with Crippen LogP contribution >= 0.6 is 22.9 Å². The number of rotatable bonds is 6. The zero-order valence-corrected chi connectivity index (χ0v) is 10.7. The van der Waals surface area contributed by atoms with Crippen molar-refractivity contribution in [3.05, 3.63) is 21.3 Å². The highest BCUT2D eigenvalue weighted by molar-refractivity contribution is 7.16. The van der Waals surface area contributed by atoms with E-state index in [1.807, 2.05) is 6.07 Å². The van der Waals surface area contributed by atoms with Crippen molar-refractivity contribution in [1.82, 2.24) is 5.32 Å². The van der Waals surface area contributed by atoms with Crippen LogP contribution in [0.1, 0.15) is 25.1 Å². The fourth-order valence-corrected chi connectivity index (χ4v) is 2.42. The summed E-state index contributed by atoms with van der Waals surface area (Å²) in [7, 11) is 0. The van der Waals surface area contributed by atoms with Gasteiger partial charge in [-0.3, -0.25) is 0 Å². The number of aryl methyl sites for hydroxylation is 1. The third-order valence-electron chi connectivity index (χ3n) is 2.21. The molecule has 0 aromatic carbocycles. The molecule has 0 bridgehead atoms. The van der Waals surface area contributed by atoms with E-state index < -0.39 is 0 Å². The highest BCUT2D eigenvalue weighted by Gasteiger charge is 2.04. The Bertz CT molecular complexity index is 288. The van der Waals surface area contributed by atoms with E-state index in [0.29, 0.717) is 12.6 Å². The molecule has 2 nitrogen and oxygen atoms in total. The van der Waals surface area contributed by atoms with Gasteiger partial charge in [0.25, 0.3) is 0 Å². The second-order valence-electron chi connectivity index (χ2n) is 3.90. The molecule has 0 radical (unpaired) electrons. The van der Waals surface area contributed by atoms with Gasteiger partial charge in [-0.15, -0.1) is 11.3 Å². The average molecular weight is 248 g/mol. The molecule has 0 spiro atoms. The van der Waals surface area contributed by atoms with E-state index in [1.165, 1.54) is 4.88 Å². The first-order chi connectivity index (χ1) is 7.08. The Kier molecular flexibility index (Phi) is 5.61. The van der Waals surface area contributed by atoms with Crippen LogP contribution in [-0.2, 0) is 6.42 Å². The Hall–Kier alpha value is -0.0900. The van der Waals surface area contributed by atoms with Gasteiger partial charge in [0.05, 0.1) is 10.4 Å². The fourth-order valence-electron chi connectivity index (χ4n) is 1.32. The van der Waals surface area contributed by atoms with Crippen LogP contribution in [0.5, 0.6) is 0 Å². The molecule has 86 valence electrons. The molecule has 15 heavy (non-hydrogen) atoms. The van der Waals surface area contributed by atoms with E-state index in [9.17, 15) is 0 Å². The highest BCUT2D eigenvalue weighted by atomic mass is 35.5. The van der Waals surface area contributed by atoms with Crippen LogP contribution in [0, 0.1) is 0 Å². The van der Waals surface area contributed by atoms with Crippen molar-refractivity contribution in [3.8, 4) is 0 Å². The molecule has 1 aromatic rings. The minimum absolute atomic E-state index is 0.274.